The zero-order valence-electron chi connectivity index (χ0n) is 20.7. The van der Waals surface area contributed by atoms with Crippen molar-refractivity contribution in [3.63, 3.8) is 0 Å². The van der Waals surface area contributed by atoms with Crippen molar-refractivity contribution in [1.29, 1.82) is 0 Å². The molecule has 0 spiro atoms. The van der Waals surface area contributed by atoms with Gasteiger partial charge in [-0.15, -0.1) is 0 Å². The van der Waals surface area contributed by atoms with Crippen LogP contribution in [0.5, 0.6) is 0 Å². The third-order valence-electron chi connectivity index (χ3n) is 8.02. The van der Waals surface area contributed by atoms with Crippen molar-refractivity contribution >= 4 is 59.8 Å². The number of aromatic nitrogens is 2. The minimum atomic E-state index is 0.0585. The summed E-state index contributed by atoms with van der Waals surface area (Å²) in [6.45, 7) is 11.6. The minimum Gasteiger partial charge on any atom is -0.307 e. The van der Waals surface area contributed by atoms with Gasteiger partial charge in [-0.05, 0) is 58.2 Å². The van der Waals surface area contributed by atoms with E-state index in [4.69, 9.17) is 0 Å². The molecule has 0 aliphatic carbocycles. The third kappa shape index (κ3) is 2.24. The number of hydrogen-bond acceptors (Lipinski definition) is 0. The van der Waals surface area contributed by atoms with Gasteiger partial charge in [-0.2, -0.15) is 0 Å². The van der Waals surface area contributed by atoms with Crippen molar-refractivity contribution < 1.29 is 4.57 Å². The number of nitrogens with zero attached hydrogens (tertiary/aromatic N) is 2. The first-order valence-electron chi connectivity index (χ1n) is 12.2. The average molecular weight is 442 g/mol. The zero-order valence-corrected chi connectivity index (χ0v) is 20.7. The predicted octanol–water partition coefficient (Wildman–Crippen LogP) is 7.88. The summed E-state index contributed by atoms with van der Waals surface area (Å²) in [5, 5.41) is 9.47. The van der Waals surface area contributed by atoms with Crippen molar-refractivity contribution in [2.45, 2.75) is 40.0 Å². The molecular weight excluding hydrogens is 412 g/mol. The molecule has 0 unspecified atom stereocenters. The normalized spacial score (nSPS) is 13.0. The first-order valence-corrected chi connectivity index (χ1v) is 12.2. The van der Waals surface area contributed by atoms with Gasteiger partial charge in [0.25, 0.3) is 0 Å². The van der Waals surface area contributed by atoms with Crippen LogP contribution >= 0.6 is 0 Å². The lowest BCUT2D eigenvalue weighted by Crippen LogP contribution is -2.29. The van der Waals surface area contributed by atoms with E-state index < -0.39 is 0 Å². The zero-order chi connectivity index (χ0) is 23.5. The summed E-state index contributed by atoms with van der Waals surface area (Å²) in [6.07, 6.45) is 2.22. The fourth-order valence-corrected chi connectivity index (χ4v) is 6.49. The average Bonchev–Trinajstić information content (AvgIpc) is 3.16. The Labute approximate surface area is 199 Å². The smallest absolute Gasteiger partial charge is 0.224 e. The van der Waals surface area contributed by atoms with E-state index in [2.05, 4.69) is 117 Å². The monoisotopic (exact) mass is 441 g/mol. The van der Waals surface area contributed by atoms with Crippen LogP contribution in [-0.4, -0.2) is 4.40 Å². The Morgan fingerprint density at radius 3 is 2.15 bits per heavy atom. The number of fused-ring (bicyclic) bond motifs is 7. The van der Waals surface area contributed by atoms with Gasteiger partial charge in [-0.3, -0.25) is 0 Å². The predicted molar refractivity (Wildman–Crippen MR) is 145 cm³/mol. The topological polar surface area (TPSA) is 8.29 Å². The van der Waals surface area contributed by atoms with E-state index >= 15 is 0 Å². The standard InChI is InChI=1S/C32H29N2/c1-18-21-10-7-8-11-22(21)19(2)29-26(18)31-27-20(16-17-33(31)6)14-15-23-28-24(32(3,4)5)12-9-13-25(28)34(29)30(23)27/h7-17H,1-6H3/q+1. The van der Waals surface area contributed by atoms with E-state index in [-0.39, 0.29) is 5.41 Å². The van der Waals surface area contributed by atoms with Crippen LogP contribution in [0.2, 0.25) is 0 Å². The summed E-state index contributed by atoms with van der Waals surface area (Å²) in [7, 11) is 2.19. The maximum Gasteiger partial charge on any atom is 0.224 e. The lowest BCUT2D eigenvalue weighted by atomic mass is 9.84. The molecule has 0 fully saturated rings. The van der Waals surface area contributed by atoms with Crippen LogP contribution in [0.4, 0.5) is 0 Å². The molecule has 2 nitrogen and oxygen atoms in total. The maximum atomic E-state index is 2.58. The Balaban J connectivity index is 1.96. The summed E-state index contributed by atoms with van der Waals surface area (Å²) >= 11 is 0. The number of benzene rings is 4. The molecule has 0 radical (unpaired) electrons. The number of aryl methyl sites for hydroxylation is 3. The van der Waals surface area contributed by atoms with Gasteiger partial charge in [-0.1, -0.05) is 69.3 Å². The highest BCUT2D eigenvalue weighted by atomic mass is 15.0. The quantitative estimate of drug-likeness (QED) is 0.128. The van der Waals surface area contributed by atoms with Crippen LogP contribution in [0.3, 0.4) is 0 Å². The lowest BCUT2D eigenvalue weighted by Gasteiger charge is -2.20. The van der Waals surface area contributed by atoms with Gasteiger partial charge in [0.2, 0.25) is 5.52 Å². The molecule has 2 heteroatoms. The van der Waals surface area contributed by atoms with E-state index in [9.17, 15) is 0 Å². The molecule has 3 heterocycles. The van der Waals surface area contributed by atoms with Crippen molar-refractivity contribution in [3.05, 3.63) is 83.6 Å². The number of pyridine rings is 2. The van der Waals surface area contributed by atoms with E-state index in [1.54, 1.807) is 0 Å². The molecule has 0 N–H and O–H groups in total. The Morgan fingerprint density at radius 1 is 0.676 bits per heavy atom. The molecule has 0 saturated carbocycles. The van der Waals surface area contributed by atoms with Gasteiger partial charge in [-0.25, -0.2) is 4.57 Å². The summed E-state index contributed by atoms with van der Waals surface area (Å²) in [4.78, 5) is 0. The first-order chi connectivity index (χ1) is 16.3. The lowest BCUT2D eigenvalue weighted by molar-refractivity contribution is -0.643. The van der Waals surface area contributed by atoms with Gasteiger partial charge >= 0.3 is 0 Å². The SMILES string of the molecule is Cc1c2ccccc2c(C)c2c1c1c3c(ccc4c5c(C(C)(C)C)cccc5n2c43)cc[n+]1C. The largest absolute Gasteiger partial charge is 0.307 e. The summed E-state index contributed by atoms with van der Waals surface area (Å²) in [6, 6.07) is 22.7. The summed E-state index contributed by atoms with van der Waals surface area (Å²) in [5.41, 5.74) is 9.50. The Hall–Kier alpha value is -3.65. The Kier molecular flexibility index (Phi) is 3.65. The highest BCUT2D eigenvalue weighted by Crippen LogP contribution is 2.45. The second-order valence-electron chi connectivity index (χ2n) is 11.0. The van der Waals surface area contributed by atoms with E-state index in [0.29, 0.717) is 0 Å². The van der Waals surface area contributed by atoms with Crippen molar-refractivity contribution in [2.75, 3.05) is 0 Å². The number of hydrogen-bond donors (Lipinski definition) is 0. The number of rotatable bonds is 0. The van der Waals surface area contributed by atoms with Crippen molar-refractivity contribution in [3.8, 4) is 0 Å². The van der Waals surface area contributed by atoms with Crippen LogP contribution in [-0.2, 0) is 12.5 Å². The third-order valence-corrected chi connectivity index (χ3v) is 8.02. The summed E-state index contributed by atoms with van der Waals surface area (Å²) < 4.78 is 4.91. The molecule has 0 amide bonds. The molecule has 0 atom stereocenters. The molecule has 0 bridgehead atoms. The first kappa shape index (κ1) is 19.8. The van der Waals surface area contributed by atoms with Gasteiger partial charge < -0.3 is 4.40 Å². The second kappa shape index (κ2) is 6.27. The maximum absolute atomic E-state index is 2.58. The van der Waals surface area contributed by atoms with Crippen molar-refractivity contribution in [2.24, 2.45) is 7.05 Å². The molecular formula is C32H29N2+. The van der Waals surface area contributed by atoms with Gasteiger partial charge in [0, 0.05) is 16.8 Å². The van der Waals surface area contributed by atoms with Crippen LogP contribution < -0.4 is 4.57 Å². The van der Waals surface area contributed by atoms with E-state index in [0.717, 1.165) is 0 Å². The van der Waals surface area contributed by atoms with Crippen LogP contribution in [0, 0.1) is 13.8 Å². The van der Waals surface area contributed by atoms with Gasteiger partial charge in [0.15, 0.2) is 6.20 Å². The van der Waals surface area contributed by atoms with E-state index in [1.165, 1.54) is 76.5 Å². The molecule has 0 aliphatic heterocycles. The molecule has 0 aliphatic rings. The minimum absolute atomic E-state index is 0.0585. The van der Waals surface area contributed by atoms with Gasteiger partial charge in [0.05, 0.1) is 27.3 Å². The Morgan fingerprint density at radius 2 is 1.41 bits per heavy atom. The summed E-state index contributed by atoms with van der Waals surface area (Å²) in [5.74, 6) is 0. The molecule has 7 aromatic rings. The van der Waals surface area contributed by atoms with Crippen molar-refractivity contribution in [1.82, 2.24) is 4.40 Å². The highest BCUT2D eigenvalue weighted by Gasteiger charge is 2.28. The molecule has 34 heavy (non-hydrogen) atoms. The van der Waals surface area contributed by atoms with Crippen LogP contribution in [0.25, 0.3) is 59.8 Å². The fraction of sp³-hybridized carbons (Fsp3) is 0.219. The molecule has 0 saturated heterocycles. The van der Waals surface area contributed by atoms with Gasteiger partial charge in [0.1, 0.15) is 7.05 Å². The van der Waals surface area contributed by atoms with Crippen LogP contribution in [0.1, 0.15) is 37.5 Å². The molecule has 3 aromatic heterocycles. The molecule has 7 rings (SSSR count). The fourth-order valence-electron chi connectivity index (χ4n) is 6.49. The second-order valence-corrected chi connectivity index (χ2v) is 11.0. The van der Waals surface area contributed by atoms with Crippen LogP contribution in [0.15, 0.2) is 66.9 Å². The van der Waals surface area contributed by atoms with E-state index in [1.807, 2.05) is 0 Å². The highest BCUT2D eigenvalue weighted by molar-refractivity contribution is 6.29. The Bertz CT molecular complexity index is 1960. The molecule has 4 aromatic carbocycles. The molecule has 166 valence electrons.